The Morgan fingerprint density at radius 3 is 2.39 bits per heavy atom. The molecular formula is C14H20N2O2. The number of methoxy groups -OCH3 is 2. The van der Waals surface area contributed by atoms with Gasteiger partial charge in [0.2, 0.25) is 0 Å². The van der Waals surface area contributed by atoms with Gasteiger partial charge in [0.25, 0.3) is 0 Å². The highest BCUT2D eigenvalue weighted by Crippen LogP contribution is 2.30. The molecule has 1 N–H and O–H groups in total. The van der Waals surface area contributed by atoms with E-state index in [-0.39, 0.29) is 6.04 Å². The average Bonchev–Trinajstić information content (AvgIpc) is 2.37. The first-order valence-electron chi connectivity index (χ1n) is 5.98. The molecule has 1 aromatic rings. The molecule has 0 bridgehead atoms. The van der Waals surface area contributed by atoms with Crippen LogP contribution in [0.15, 0.2) is 18.2 Å². The normalized spacial score (nSPS) is 11.8. The molecule has 98 valence electrons. The van der Waals surface area contributed by atoms with Crippen LogP contribution >= 0.6 is 0 Å². The summed E-state index contributed by atoms with van der Waals surface area (Å²) in [5, 5.41) is 12.3. The van der Waals surface area contributed by atoms with Crippen LogP contribution in [0.2, 0.25) is 0 Å². The molecule has 0 saturated heterocycles. The highest BCUT2D eigenvalue weighted by atomic mass is 16.5. The van der Waals surface area contributed by atoms with Crippen molar-refractivity contribution in [1.29, 1.82) is 5.26 Å². The van der Waals surface area contributed by atoms with Crippen molar-refractivity contribution < 1.29 is 9.47 Å². The number of ether oxygens (including phenoxy) is 2. The zero-order valence-corrected chi connectivity index (χ0v) is 11.4. The predicted octanol–water partition coefficient (Wildman–Crippen LogP) is 3.05. The van der Waals surface area contributed by atoms with Crippen molar-refractivity contribution in [2.24, 2.45) is 5.92 Å². The molecule has 0 aliphatic carbocycles. The van der Waals surface area contributed by atoms with Crippen LogP contribution in [0.25, 0.3) is 0 Å². The lowest BCUT2D eigenvalue weighted by atomic mass is 10.0. The molecule has 0 aromatic heterocycles. The van der Waals surface area contributed by atoms with Crippen molar-refractivity contribution in [3.63, 3.8) is 0 Å². The number of hydrogen-bond acceptors (Lipinski definition) is 4. The maximum atomic E-state index is 9.10. The van der Waals surface area contributed by atoms with E-state index in [1.54, 1.807) is 14.2 Å². The fourth-order valence-corrected chi connectivity index (χ4v) is 1.74. The van der Waals surface area contributed by atoms with Crippen LogP contribution in [-0.2, 0) is 0 Å². The van der Waals surface area contributed by atoms with Gasteiger partial charge in [-0.25, -0.2) is 0 Å². The van der Waals surface area contributed by atoms with Gasteiger partial charge in [-0.15, -0.1) is 0 Å². The maximum absolute atomic E-state index is 9.10. The van der Waals surface area contributed by atoms with Crippen LogP contribution in [0.5, 0.6) is 11.5 Å². The summed E-state index contributed by atoms with van der Waals surface area (Å²) in [7, 11) is 3.19. The molecule has 0 spiro atoms. The molecule has 0 saturated carbocycles. The summed E-state index contributed by atoms with van der Waals surface area (Å²) in [4.78, 5) is 0. The first-order valence-corrected chi connectivity index (χ1v) is 5.98. The second kappa shape index (κ2) is 6.75. The summed E-state index contributed by atoms with van der Waals surface area (Å²) in [6.07, 6.45) is 0.810. The Morgan fingerprint density at radius 2 is 1.89 bits per heavy atom. The van der Waals surface area contributed by atoms with E-state index in [2.05, 4.69) is 25.2 Å². The maximum Gasteiger partial charge on any atom is 0.162 e. The van der Waals surface area contributed by atoms with Gasteiger partial charge in [-0.05, 0) is 24.5 Å². The van der Waals surface area contributed by atoms with Crippen molar-refractivity contribution in [3.05, 3.63) is 18.2 Å². The van der Waals surface area contributed by atoms with Crippen LogP contribution in [0.1, 0.15) is 20.3 Å². The molecule has 1 atom stereocenters. The monoisotopic (exact) mass is 248 g/mol. The predicted molar refractivity (Wildman–Crippen MR) is 72.0 cm³/mol. The van der Waals surface area contributed by atoms with Crippen molar-refractivity contribution >= 4 is 5.69 Å². The van der Waals surface area contributed by atoms with Crippen molar-refractivity contribution in [3.8, 4) is 17.6 Å². The lowest BCUT2D eigenvalue weighted by molar-refractivity contribution is 0.355. The molecule has 18 heavy (non-hydrogen) atoms. The highest BCUT2D eigenvalue weighted by molar-refractivity contribution is 5.55. The van der Waals surface area contributed by atoms with E-state index in [9.17, 15) is 0 Å². The van der Waals surface area contributed by atoms with Crippen molar-refractivity contribution in [1.82, 2.24) is 0 Å². The summed E-state index contributed by atoms with van der Waals surface area (Å²) >= 11 is 0. The Bertz CT molecular complexity index is 424. The standard InChI is InChI=1S/C14H20N2O2/c1-10(2)7-12(9-15)16-11-5-6-13(17-3)14(8-11)18-4/h5-6,8,10,12,16H,7H2,1-4H3. The second-order valence-corrected chi connectivity index (χ2v) is 4.53. The van der Waals surface area contributed by atoms with Crippen LogP contribution in [0.4, 0.5) is 5.69 Å². The second-order valence-electron chi connectivity index (χ2n) is 4.53. The number of rotatable bonds is 6. The number of nitriles is 1. The number of hydrogen-bond donors (Lipinski definition) is 1. The first-order chi connectivity index (χ1) is 8.60. The molecule has 0 fully saturated rings. The Balaban J connectivity index is 2.81. The Labute approximate surface area is 109 Å². The minimum absolute atomic E-state index is 0.192. The molecule has 0 aliphatic rings. The molecule has 4 heteroatoms. The summed E-state index contributed by atoms with van der Waals surface area (Å²) in [6.45, 7) is 4.20. The molecule has 0 radical (unpaired) electrons. The summed E-state index contributed by atoms with van der Waals surface area (Å²) in [6, 6.07) is 7.62. The smallest absolute Gasteiger partial charge is 0.162 e. The molecule has 0 aliphatic heterocycles. The third kappa shape index (κ3) is 3.85. The van der Waals surface area contributed by atoms with E-state index in [0.717, 1.165) is 12.1 Å². The largest absolute Gasteiger partial charge is 0.493 e. The third-order valence-corrected chi connectivity index (χ3v) is 2.59. The summed E-state index contributed by atoms with van der Waals surface area (Å²) in [5.74, 6) is 1.81. The molecule has 0 heterocycles. The minimum atomic E-state index is -0.192. The van der Waals surface area contributed by atoms with E-state index in [1.165, 1.54) is 0 Å². The van der Waals surface area contributed by atoms with Gasteiger partial charge in [0.15, 0.2) is 11.5 Å². The van der Waals surface area contributed by atoms with Gasteiger partial charge in [-0.2, -0.15) is 5.26 Å². The zero-order valence-electron chi connectivity index (χ0n) is 11.4. The number of anilines is 1. The van der Waals surface area contributed by atoms with Crippen LogP contribution in [-0.4, -0.2) is 20.3 Å². The minimum Gasteiger partial charge on any atom is -0.493 e. The van der Waals surface area contributed by atoms with Gasteiger partial charge in [0.1, 0.15) is 6.04 Å². The molecule has 1 aromatic carbocycles. The molecule has 4 nitrogen and oxygen atoms in total. The average molecular weight is 248 g/mol. The number of benzene rings is 1. The Morgan fingerprint density at radius 1 is 1.22 bits per heavy atom. The zero-order chi connectivity index (χ0) is 13.5. The first kappa shape index (κ1) is 14.2. The van der Waals surface area contributed by atoms with Crippen molar-refractivity contribution in [2.75, 3.05) is 19.5 Å². The third-order valence-electron chi connectivity index (χ3n) is 2.59. The van der Waals surface area contributed by atoms with Crippen LogP contribution < -0.4 is 14.8 Å². The van der Waals surface area contributed by atoms with Crippen LogP contribution in [0, 0.1) is 17.2 Å². The van der Waals surface area contributed by atoms with E-state index < -0.39 is 0 Å². The fraction of sp³-hybridized carbons (Fsp3) is 0.500. The van der Waals surface area contributed by atoms with E-state index >= 15 is 0 Å². The van der Waals surface area contributed by atoms with Crippen molar-refractivity contribution in [2.45, 2.75) is 26.3 Å². The number of nitrogens with one attached hydrogen (secondary N) is 1. The van der Waals surface area contributed by atoms with E-state index in [1.807, 2.05) is 18.2 Å². The van der Waals surface area contributed by atoms with Gasteiger partial charge in [0.05, 0.1) is 20.3 Å². The fourth-order valence-electron chi connectivity index (χ4n) is 1.74. The van der Waals surface area contributed by atoms with Gasteiger partial charge in [0, 0.05) is 11.8 Å². The highest BCUT2D eigenvalue weighted by Gasteiger charge is 2.11. The van der Waals surface area contributed by atoms with Gasteiger partial charge in [-0.3, -0.25) is 0 Å². The van der Waals surface area contributed by atoms with Gasteiger partial charge in [-0.1, -0.05) is 13.8 Å². The molecule has 1 unspecified atom stereocenters. The van der Waals surface area contributed by atoms with E-state index in [0.29, 0.717) is 17.4 Å². The lowest BCUT2D eigenvalue weighted by Gasteiger charge is -2.16. The Kier molecular flexibility index (Phi) is 5.31. The number of nitrogens with zero attached hydrogens (tertiary/aromatic N) is 1. The topological polar surface area (TPSA) is 54.3 Å². The Hall–Kier alpha value is -1.89. The molecular weight excluding hydrogens is 228 g/mol. The molecule has 0 amide bonds. The molecule has 1 rings (SSSR count). The quantitative estimate of drug-likeness (QED) is 0.840. The van der Waals surface area contributed by atoms with E-state index in [4.69, 9.17) is 14.7 Å². The van der Waals surface area contributed by atoms with Gasteiger partial charge >= 0.3 is 0 Å². The lowest BCUT2D eigenvalue weighted by Crippen LogP contribution is -2.19. The van der Waals surface area contributed by atoms with Crippen LogP contribution in [0.3, 0.4) is 0 Å². The summed E-state index contributed by atoms with van der Waals surface area (Å²) in [5.41, 5.74) is 0.861. The van der Waals surface area contributed by atoms with Gasteiger partial charge < -0.3 is 14.8 Å². The summed E-state index contributed by atoms with van der Waals surface area (Å²) < 4.78 is 10.4. The SMILES string of the molecule is COc1ccc(NC(C#N)CC(C)C)cc1OC.